The third-order valence-electron chi connectivity index (χ3n) is 2.89. The van der Waals surface area contributed by atoms with E-state index in [-0.39, 0.29) is 11.3 Å². The lowest BCUT2D eigenvalue weighted by Crippen LogP contribution is -2.00. The van der Waals surface area contributed by atoms with Crippen LogP contribution in [0.25, 0.3) is 0 Å². The van der Waals surface area contributed by atoms with Crippen LogP contribution in [-0.4, -0.2) is 19.0 Å². The van der Waals surface area contributed by atoms with Gasteiger partial charge in [-0.15, -0.1) is 11.3 Å². The van der Waals surface area contributed by atoms with E-state index in [1.54, 1.807) is 12.1 Å². The van der Waals surface area contributed by atoms with Gasteiger partial charge in [0, 0.05) is 5.56 Å². The fourth-order valence-electron chi connectivity index (χ4n) is 1.90. The second kappa shape index (κ2) is 5.40. The van der Waals surface area contributed by atoms with Gasteiger partial charge in [0.1, 0.15) is 0 Å². The average molecular weight is 296 g/mol. The van der Waals surface area contributed by atoms with Crippen molar-refractivity contribution in [1.29, 1.82) is 0 Å². The normalized spacial score (nSPS) is 15.7. The number of benzene rings is 1. The van der Waals surface area contributed by atoms with Gasteiger partial charge in [0.15, 0.2) is 17.9 Å². The van der Waals surface area contributed by atoms with Gasteiger partial charge in [-0.25, -0.2) is 8.78 Å². The number of carbonyl (C=O) groups excluding carboxylic acids is 1. The van der Waals surface area contributed by atoms with Gasteiger partial charge in [-0.1, -0.05) is 0 Å². The van der Waals surface area contributed by atoms with Crippen molar-refractivity contribution in [3.05, 3.63) is 57.3 Å². The van der Waals surface area contributed by atoms with E-state index in [1.807, 2.05) is 0 Å². The minimum absolute atomic E-state index is 0.116. The highest BCUT2D eigenvalue weighted by Crippen LogP contribution is 2.30. The molecule has 104 valence electrons. The number of halogens is 2. The van der Waals surface area contributed by atoms with E-state index in [1.165, 1.54) is 17.4 Å². The molecule has 20 heavy (non-hydrogen) atoms. The Kier molecular flexibility index (Phi) is 3.60. The van der Waals surface area contributed by atoms with Crippen molar-refractivity contribution >= 4 is 17.1 Å². The average Bonchev–Trinajstić information content (AvgIpc) is 3.11. The summed E-state index contributed by atoms with van der Waals surface area (Å²) in [6.07, 6.45) is -0.438. The van der Waals surface area contributed by atoms with Crippen LogP contribution < -0.4 is 0 Å². The molecule has 3 nitrogen and oxygen atoms in total. The first-order valence-corrected chi connectivity index (χ1v) is 6.79. The molecule has 0 aliphatic carbocycles. The zero-order chi connectivity index (χ0) is 14.1. The SMILES string of the molecule is O=C(c1ccc(F)c(F)c1)c1ccc(C2OCCO2)s1. The van der Waals surface area contributed by atoms with Crippen molar-refractivity contribution in [2.24, 2.45) is 0 Å². The Morgan fingerprint density at radius 1 is 1.10 bits per heavy atom. The monoisotopic (exact) mass is 296 g/mol. The van der Waals surface area contributed by atoms with Gasteiger partial charge in [-0.2, -0.15) is 0 Å². The van der Waals surface area contributed by atoms with E-state index in [0.717, 1.165) is 17.0 Å². The predicted molar refractivity (Wildman–Crippen MR) is 68.8 cm³/mol. The number of hydrogen-bond donors (Lipinski definition) is 0. The third-order valence-corrected chi connectivity index (χ3v) is 3.99. The molecule has 1 aliphatic rings. The lowest BCUT2D eigenvalue weighted by atomic mass is 10.1. The quantitative estimate of drug-likeness (QED) is 0.815. The van der Waals surface area contributed by atoms with Gasteiger partial charge >= 0.3 is 0 Å². The summed E-state index contributed by atoms with van der Waals surface area (Å²) < 4.78 is 36.7. The first-order chi connectivity index (χ1) is 9.65. The van der Waals surface area contributed by atoms with Crippen molar-refractivity contribution in [2.45, 2.75) is 6.29 Å². The minimum Gasteiger partial charge on any atom is -0.345 e. The molecule has 0 N–H and O–H groups in total. The largest absolute Gasteiger partial charge is 0.345 e. The molecule has 1 aromatic carbocycles. The summed E-state index contributed by atoms with van der Waals surface area (Å²) >= 11 is 1.23. The summed E-state index contributed by atoms with van der Waals surface area (Å²) in [4.78, 5) is 13.4. The molecule has 0 saturated carbocycles. The molecule has 0 spiro atoms. The summed E-state index contributed by atoms with van der Waals surface area (Å²) in [5.74, 6) is -2.35. The van der Waals surface area contributed by atoms with E-state index in [9.17, 15) is 13.6 Å². The second-order valence-electron chi connectivity index (χ2n) is 4.23. The fourth-order valence-corrected chi connectivity index (χ4v) is 2.87. The van der Waals surface area contributed by atoms with Crippen molar-refractivity contribution < 1.29 is 23.0 Å². The molecular formula is C14H10F2O3S. The molecule has 0 bridgehead atoms. The maximum atomic E-state index is 13.1. The Labute approximate surface area is 117 Å². The topological polar surface area (TPSA) is 35.5 Å². The Bertz CT molecular complexity index is 648. The van der Waals surface area contributed by atoms with Crippen LogP contribution in [0.3, 0.4) is 0 Å². The molecule has 2 aromatic rings. The van der Waals surface area contributed by atoms with E-state index >= 15 is 0 Å². The smallest absolute Gasteiger partial charge is 0.203 e. The van der Waals surface area contributed by atoms with Gasteiger partial charge in [0.05, 0.1) is 23.0 Å². The summed E-state index contributed by atoms with van der Waals surface area (Å²) in [6.45, 7) is 1.05. The Balaban J connectivity index is 1.84. The molecule has 1 fully saturated rings. The summed E-state index contributed by atoms with van der Waals surface area (Å²) in [6, 6.07) is 6.49. The predicted octanol–water partition coefficient (Wildman–Crippen LogP) is 3.30. The lowest BCUT2D eigenvalue weighted by Gasteiger charge is -2.04. The molecule has 2 heterocycles. The Hall–Kier alpha value is -1.63. The van der Waals surface area contributed by atoms with Crippen LogP contribution in [0.2, 0.25) is 0 Å². The van der Waals surface area contributed by atoms with E-state index in [0.29, 0.717) is 18.1 Å². The summed E-state index contributed by atoms with van der Waals surface area (Å²) in [5.41, 5.74) is 0.116. The van der Waals surface area contributed by atoms with Gasteiger partial charge < -0.3 is 9.47 Å². The van der Waals surface area contributed by atoms with E-state index in [2.05, 4.69) is 0 Å². The van der Waals surface area contributed by atoms with Crippen LogP contribution in [0.4, 0.5) is 8.78 Å². The van der Waals surface area contributed by atoms with Crippen LogP contribution in [0, 0.1) is 11.6 Å². The van der Waals surface area contributed by atoms with Crippen molar-refractivity contribution in [3.8, 4) is 0 Å². The Morgan fingerprint density at radius 3 is 2.55 bits per heavy atom. The number of rotatable bonds is 3. The molecular weight excluding hydrogens is 286 g/mol. The fraction of sp³-hybridized carbons (Fsp3) is 0.214. The van der Waals surface area contributed by atoms with Gasteiger partial charge in [-0.05, 0) is 30.3 Å². The number of ether oxygens (including phenoxy) is 2. The van der Waals surface area contributed by atoms with Crippen LogP contribution in [0.1, 0.15) is 26.4 Å². The number of thiophene rings is 1. The van der Waals surface area contributed by atoms with E-state index < -0.39 is 17.9 Å². The van der Waals surface area contributed by atoms with Crippen LogP contribution in [0.15, 0.2) is 30.3 Å². The van der Waals surface area contributed by atoms with Crippen LogP contribution in [0.5, 0.6) is 0 Å². The molecule has 1 aromatic heterocycles. The lowest BCUT2D eigenvalue weighted by molar-refractivity contribution is -0.0413. The Morgan fingerprint density at radius 2 is 1.85 bits per heavy atom. The van der Waals surface area contributed by atoms with Gasteiger partial charge in [-0.3, -0.25) is 4.79 Å². The van der Waals surface area contributed by atoms with Crippen LogP contribution >= 0.6 is 11.3 Å². The number of ketones is 1. The molecule has 0 radical (unpaired) electrons. The maximum Gasteiger partial charge on any atom is 0.203 e. The molecule has 1 aliphatic heterocycles. The van der Waals surface area contributed by atoms with Crippen molar-refractivity contribution in [1.82, 2.24) is 0 Å². The number of hydrogen-bond acceptors (Lipinski definition) is 4. The highest BCUT2D eigenvalue weighted by Gasteiger charge is 2.22. The van der Waals surface area contributed by atoms with Gasteiger partial charge in [0.2, 0.25) is 5.78 Å². The van der Waals surface area contributed by atoms with Crippen molar-refractivity contribution in [3.63, 3.8) is 0 Å². The van der Waals surface area contributed by atoms with E-state index in [4.69, 9.17) is 9.47 Å². The second-order valence-corrected chi connectivity index (χ2v) is 5.35. The zero-order valence-corrected chi connectivity index (χ0v) is 11.1. The van der Waals surface area contributed by atoms with Crippen molar-refractivity contribution in [2.75, 3.05) is 13.2 Å². The molecule has 6 heteroatoms. The summed E-state index contributed by atoms with van der Waals surface area (Å²) in [7, 11) is 0. The number of carbonyl (C=O) groups is 1. The summed E-state index contributed by atoms with van der Waals surface area (Å²) in [5, 5.41) is 0. The molecule has 0 atom stereocenters. The highest BCUT2D eigenvalue weighted by atomic mass is 32.1. The maximum absolute atomic E-state index is 13.1. The molecule has 3 rings (SSSR count). The third kappa shape index (κ3) is 2.49. The zero-order valence-electron chi connectivity index (χ0n) is 10.3. The molecule has 1 saturated heterocycles. The first kappa shape index (κ1) is 13.4. The highest BCUT2D eigenvalue weighted by molar-refractivity contribution is 7.14. The minimum atomic E-state index is -1.03. The standard InChI is InChI=1S/C14H10F2O3S/c15-9-2-1-8(7-10(9)16)13(17)11-3-4-12(20-11)14-18-5-6-19-14/h1-4,7,14H,5-6H2. The van der Waals surface area contributed by atoms with Gasteiger partial charge in [0.25, 0.3) is 0 Å². The van der Waals surface area contributed by atoms with Crippen LogP contribution in [-0.2, 0) is 9.47 Å². The first-order valence-electron chi connectivity index (χ1n) is 5.98. The molecule has 0 unspecified atom stereocenters. The molecule has 0 amide bonds.